The molecule has 0 aliphatic rings. The van der Waals surface area contributed by atoms with Gasteiger partial charge in [0.05, 0.1) is 22.9 Å². The highest BCUT2D eigenvalue weighted by molar-refractivity contribution is 7.16. The van der Waals surface area contributed by atoms with Gasteiger partial charge in [-0.25, -0.2) is 9.78 Å². The molecular formula is C20H21N3O2S. The Bertz CT molecular complexity index is 1110. The topological polar surface area (TPSA) is 70.8 Å². The van der Waals surface area contributed by atoms with Crippen molar-refractivity contribution in [3.05, 3.63) is 52.3 Å². The summed E-state index contributed by atoms with van der Waals surface area (Å²) >= 11 is 1.65. The van der Waals surface area contributed by atoms with Crippen molar-refractivity contribution >= 4 is 38.6 Å². The molecule has 26 heavy (non-hydrogen) atoms. The predicted octanol–water partition coefficient (Wildman–Crippen LogP) is 4.78. The number of H-pyrrole nitrogens is 2. The van der Waals surface area contributed by atoms with E-state index in [4.69, 9.17) is 4.74 Å². The van der Waals surface area contributed by atoms with Gasteiger partial charge in [0.25, 0.3) is 0 Å². The molecule has 0 fully saturated rings. The second-order valence-corrected chi connectivity index (χ2v) is 8.36. The van der Waals surface area contributed by atoms with Crippen LogP contribution in [0.25, 0.3) is 21.3 Å². The molecular weight excluding hydrogens is 346 g/mol. The van der Waals surface area contributed by atoms with Crippen LogP contribution in [0, 0.1) is 0 Å². The first kappa shape index (κ1) is 16.8. The number of ether oxygens (including phenoxy) is 1. The molecule has 1 aromatic carbocycles. The number of carbonyl (C=O) groups excluding carboxylic acids is 1. The molecule has 0 bridgehead atoms. The molecule has 0 aliphatic carbocycles. The Morgan fingerprint density at radius 1 is 1.31 bits per heavy atom. The Hall–Kier alpha value is -2.60. The van der Waals surface area contributed by atoms with Gasteiger partial charge in [-0.05, 0) is 29.3 Å². The zero-order valence-electron chi connectivity index (χ0n) is 15.3. The lowest BCUT2D eigenvalue weighted by Crippen LogP contribution is -2.14. The van der Waals surface area contributed by atoms with Crippen molar-refractivity contribution in [3.63, 3.8) is 0 Å². The fourth-order valence-corrected chi connectivity index (χ4v) is 4.21. The Balaban J connectivity index is 1.91. The molecule has 6 heteroatoms. The number of aromatic amines is 2. The first-order valence-corrected chi connectivity index (χ1v) is 9.39. The molecule has 0 amide bonds. The Morgan fingerprint density at radius 2 is 2.12 bits per heavy atom. The maximum absolute atomic E-state index is 12.0. The summed E-state index contributed by atoms with van der Waals surface area (Å²) in [5.74, 6) is -0.317. The number of carbonyl (C=O) groups is 1. The number of hydrogen-bond acceptors (Lipinski definition) is 4. The van der Waals surface area contributed by atoms with Crippen LogP contribution in [-0.4, -0.2) is 28.0 Å². The normalized spacial score (nSPS) is 12.2. The second-order valence-electron chi connectivity index (χ2n) is 7.50. The maximum Gasteiger partial charge on any atom is 0.337 e. The Morgan fingerprint density at radius 3 is 2.85 bits per heavy atom. The van der Waals surface area contributed by atoms with E-state index in [0.717, 1.165) is 23.0 Å². The molecule has 3 heterocycles. The first-order chi connectivity index (χ1) is 12.4. The number of nitrogens with one attached hydrogen (secondary N) is 2. The van der Waals surface area contributed by atoms with E-state index in [2.05, 4.69) is 35.7 Å². The molecule has 0 aliphatic heterocycles. The summed E-state index contributed by atoms with van der Waals surface area (Å²) in [6.45, 7) is 6.59. The molecule has 0 atom stereocenters. The summed E-state index contributed by atoms with van der Waals surface area (Å²) in [5.41, 5.74) is 7.98. The summed E-state index contributed by atoms with van der Waals surface area (Å²) < 4.78 is 6.08. The van der Waals surface area contributed by atoms with Gasteiger partial charge in [-0.3, -0.25) is 0 Å². The van der Waals surface area contributed by atoms with Gasteiger partial charge in [0.2, 0.25) is 0 Å². The van der Waals surface area contributed by atoms with E-state index in [-0.39, 0.29) is 11.4 Å². The maximum atomic E-state index is 12.0. The molecule has 4 aromatic rings. The van der Waals surface area contributed by atoms with E-state index >= 15 is 0 Å². The number of aromatic nitrogens is 3. The first-order valence-electron chi connectivity index (χ1n) is 8.51. The number of esters is 1. The van der Waals surface area contributed by atoms with E-state index in [9.17, 15) is 4.79 Å². The van der Waals surface area contributed by atoms with Gasteiger partial charge >= 0.3 is 5.97 Å². The van der Waals surface area contributed by atoms with Gasteiger partial charge in [-0.15, -0.1) is 11.3 Å². The van der Waals surface area contributed by atoms with Crippen molar-refractivity contribution in [2.45, 2.75) is 32.6 Å². The zero-order valence-corrected chi connectivity index (χ0v) is 16.1. The number of methoxy groups -OCH3 is 1. The number of nitrogens with zero attached hydrogens (tertiary/aromatic N) is 1. The minimum Gasteiger partial charge on any atom is -0.465 e. The van der Waals surface area contributed by atoms with Crippen LogP contribution in [0.1, 0.15) is 48.0 Å². The van der Waals surface area contributed by atoms with Crippen molar-refractivity contribution < 1.29 is 9.53 Å². The third-order valence-electron chi connectivity index (χ3n) is 4.69. The molecule has 3 aromatic heterocycles. The molecule has 2 N–H and O–H groups in total. The van der Waals surface area contributed by atoms with Crippen molar-refractivity contribution in [3.8, 4) is 0 Å². The van der Waals surface area contributed by atoms with Crippen LogP contribution >= 0.6 is 11.3 Å². The van der Waals surface area contributed by atoms with Gasteiger partial charge in [0, 0.05) is 34.6 Å². The van der Waals surface area contributed by atoms with Gasteiger partial charge in [-0.1, -0.05) is 20.8 Å². The summed E-state index contributed by atoms with van der Waals surface area (Å²) in [6.07, 6.45) is 2.81. The van der Waals surface area contributed by atoms with Gasteiger partial charge < -0.3 is 14.7 Å². The molecule has 4 rings (SSSR count). The van der Waals surface area contributed by atoms with E-state index in [0.29, 0.717) is 5.56 Å². The number of fused-ring (bicyclic) bond motifs is 2. The SMILES string of the molecule is COC(=O)c1ccc2[nH]c(C(C)(C)C)c(Cc3c[nH]c4ncsc34)c2c1. The number of rotatable bonds is 3. The predicted molar refractivity (Wildman–Crippen MR) is 105 cm³/mol. The van der Waals surface area contributed by atoms with Crippen LogP contribution in [0.5, 0.6) is 0 Å². The summed E-state index contributed by atoms with van der Waals surface area (Å²) in [6, 6.07) is 5.69. The largest absolute Gasteiger partial charge is 0.465 e. The molecule has 5 nitrogen and oxygen atoms in total. The van der Waals surface area contributed by atoms with Crippen LogP contribution in [0.15, 0.2) is 29.9 Å². The van der Waals surface area contributed by atoms with Crippen LogP contribution < -0.4 is 0 Å². The summed E-state index contributed by atoms with van der Waals surface area (Å²) in [5, 5.41) is 1.07. The average molecular weight is 367 g/mol. The molecule has 0 unspecified atom stereocenters. The van der Waals surface area contributed by atoms with E-state index in [1.807, 2.05) is 23.8 Å². The van der Waals surface area contributed by atoms with Gasteiger partial charge in [-0.2, -0.15) is 0 Å². The van der Waals surface area contributed by atoms with Gasteiger partial charge in [0.15, 0.2) is 0 Å². The van der Waals surface area contributed by atoms with Crippen LogP contribution in [-0.2, 0) is 16.6 Å². The Kier molecular flexibility index (Phi) is 3.88. The molecule has 0 spiro atoms. The smallest absolute Gasteiger partial charge is 0.337 e. The van der Waals surface area contributed by atoms with Crippen molar-refractivity contribution in [1.29, 1.82) is 0 Å². The lowest BCUT2D eigenvalue weighted by Gasteiger charge is -2.19. The van der Waals surface area contributed by atoms with Crippen LogP contribution in [0.3, 0.4) is 0 Å². The zero-order chi connectivity index (χ0) is 18.5. The monoisotopic (exact) mass is 367 g/mol. The number of hydrogen-bond donors (Lipinski definition) is 2. The highest BCUT2D eigenvalue weighted by Crippen LogP contribution is 2.35. The molecule has 0 saturated heterocycles. The summed E-state index contributed by atoms with van der Waals surface area (Å²) in [4.78, 5) is 23.1. The van der Waals surface area contributed by atoms with E-state index in [1.165, 1.54) is 28.6 Å². The Labute approximate surface area is 155 Å². The fourth-order valence-electron chi connectivity index (χ4n) is 3.44. The van der Waals surface area contributed by atoms with E-state index < -0.39 is 0 Å². The highest BCUT2D eigenvalue weighted by Gasteiger charge is 2.24. The highest BCUT2D eigenvalue weighted by atomic mass is 32.1. The lowest BCUT2D eigenvalue weighted by atomic mass is 9.87. The standard InChI is InChI=1S/C20H21N3O2S/c1-20(2,3)17-14(8-12-9-21-18-16(12)26-10-22-18)13-7-11(19(24)25-4)5-6-15(13)23-17/h5-7,9-10,21,23H,8H2,1-4H3. The minimum absolute atomic E-state index is 0.0388. The molecule has 134 valence electrons. The molecule has 0 radical (unpaired) electrons. The number of thiazole rings is 1. The fraction of sp³-hybridized carbons (Fsp3) is 0.300. The van der Waals surface area contributed by atoms with Gasteiger partial charge in [0.1, 0.15) is 5.65 Å². The number of benzene rings is 1. The lowest BCUT2D eigenvalue weighted by molar-refractivity contribution is 0.0601. The summed E-state index contributed by atoms with van der Waals surface area (Å²) in [7, 11) is 1.41. The van der Waals surface area contributed by atoms with E-state index in [1.54, 1.807) is 17.4 Å². The third-order valence-corrected chi connectivity index (χ3v) is 5.59. The second kappa shape index (κ2) is 5.99. The third kappa shape index (κ3) is 2.70. The van der Waals surface area contributed by atoms with Crippen molar-refractivity contribution in [2.24, 2.45) is 0 Å². The molecule has 0 saturated carbocycles. The minimum atomic E-state index is -0.317. The average Bonchev–Trinajstić information content (AvgIpc) is 3.29. The quantitative estimate of drug-likeness (QED) is 0.512. The van der Waals surface area contributed by atoms with Crippen molar-refractivity contribution in [2.75, 3.05) is 7.11 Å². The van der Waals surface area contributed by atoms with Crippen molar-refractivity contribution in [1.82, 2.24) is 15.0 Å². The van der Waals surface area contributed by atoms with Crippen LogP contribution in [0.2, 0.25) is 0 Å². The van der Waals surface area contributed by atoms with Crippen LogP contribution in [0.4, 0.5) is 0 Å².